The number of sulfonamides is 1. The third kappa shape index (κ3) is 3.20. The van der Waals surface area contributed by atoms with Crippen LogP contribution in [0.2, 0.25) is 0 Å². The zero-order valence-corrected chi connectivity index (χ0v) is 12.9. The standard InChI is InChI=1S/C10H12BrN5O3S/c1-19-5-4-16-9(8-3-2-7(11)6-13-8)14-15-10(16)20(12,17)18/h2-3,6H,4-5H2,1H3,(H2,12,17,18). The number of methoxy groups -OCH3 is 1. The maximum absolute atomic E-state index is 11.5. The fraction of sp³-hybridized carbons (Fsp3) is 0.300. The Labute approximate surface area is 124 Å². The molecule has 8 nitrogen and oxygen atoms in total. The molecule has 0 fully saturated rings. The number of ether oxygens (including phenoxy) is 1. The Morgan fingerprint density at radius 1 is 1.40 bits per heavy atom. The Kier molecular flexibility index (Phi) is 4.48. The Morgan fingerprint density at radius 3 is 2.70 bits per heavy atom. The second kappa shape index (κ2) is 5.95. The van der Waals surface area contributed by atoms with Crippen LogP contribution in [0.4, 0.5) is 0 Å². The van der Waals surface area contributed by atoms with Crippen LogP contribution in [-0.2, 0) is 21.3 Å². The molecule has 0 radical (unpaired) electrons. The van der Waals surface area contributed by atoms with Gasteiger partial charge in [0.25, 0.3) is 15.2 Å². The van der Waals surface area contributed by atoms with E-state index in [-0.39, 0.29) is 11.7 Å². The third-order valence-corrected chi connectivity index (χ3v) is 3.73. The minimum absolute atomic E-state index is 0.252. The lowest BCUT2D eigenvalue weighted by Gasteiger charge is -2.08. The topological polar surface area (TPSA) is 113 Å². The molecule has 0 bridgehead atoms. The molecule has 0 saturated carbocycles. The lowest BCUT2D eigenvalue weighted by Crippen LogP contribution is -2.20. The number of aromatic nitrogens is 4. The first-order valence-electron chi connectivity index (χ1n) is 5.50. The zero-order valence-electron chi connectivity index (χ0n) is 10.5. The van der Waals surface area contributed by atoms with Gasteiger partial charge in [-0.2, -0.15) is 0 Å². The SMILES string of the molecule is COCCn1c(-c2ccc(Br)cn2)nnc1S(N)(=O)=O. The molecule has 2 rings (SSSR count). The average Bonchev–Trinajstić information content (AvgIpc) is 2.81. The molecule has 0 aliphatic rings. The quantitative estimate of drug-likeness (QED) is 0.824. The van der Waals surface area contributed by atoms with Crippen LogP contribution in [0.25, 0.3) is 11.5 Å². The second-order valence-corrected chi connectivity index (χ2v) is 6.23. The van der Waals surface area contributed by atoms with Gasteiger partial charge < -0.3 is 4.74 Å². The van der Waals surface area contributed by atoms with E-state index in [9.17, 15) is 8.42 Å². The van der Waals surface area contributed by atoms with E-state index >= 15 is 0 Å². The van der Waals surface area contributed by atoms with Crippen molar-refractivity contribution in [2.75, 3.05) is 13.7 Å². The normalized spacial score (nSPS) is 11.8. The molecule has 2 heterocycles. The molecule has 2 N–H and O–H groups in total. The highest BCUT2D eigenvalue weighted by atomic mass is 79.9. The maximum atomic E-state index is 11.5. The van der Waals surface area contributed by atoms with Crippen molar-refractivity contribution in [1.82, 2.24) is 19.7 Å². The summed E-state index contributed by atoms with van der Waals surface area (Å²) in [7, 11) is -2.45. The molecule has 2 aromatic heterocycles. The highest BCUT2D eigenvalue weighted by Crippen LogP contribution is 2.19. The lowest BCUT2D eigenvalue weighted by atomic mass is 10.3. The summed E-state index contributed by atoms with van der Waals surface area (Å²) < 4.78 is 30.1. The van der Waals surface area contributed by atoms with Crippen molar-refractivity contribution in [3.05, 3.63) is 22.8 Å². The van der Waals surface area contributed by atoms with Crippen molar-refractivity contribution in [1.29, 1.82) is 0 Å². The number of primary sulfonamides is 1. The Hall–Kier alpha value is -1.36. The molecule has 10 heteroatoms. The maximum Gasteiger partial charge on any atom is 0.273 e. The van der Waals surface area contributed by atoms with Crippen LogP contribution in [0.15, 0.2) is 28.0 Å². The number of nitrogens with two attached hydrogens (primary N) is 1. The summed E-state index contributed by atoms with van der Waals surface area (Å²) in [5.41, 5.74) is 0.492. The summed E-state index contributed by atoms with van der Waals surface area (Å²) in [5, 5.41) is 12.3. The van der Waals surface area contributed by atoms with Gasteiger partial charge in [-0.25, -0.2) is 13.6 Å². The molecule has 0 aliphatic heterocycles. The summed E-state index contributed by atoms with van der Waals surface area (Å²) in [5.74, 6) is 0.318. The number of nitrogens with zero attached hydrogens (tertiary/aromatic N) is 4. The van der Waals surface area contributed by atoms with Gasteiger partial charge in [-0.15, -0.1) is 10.2 Å². The molecule has 0 aliphatic carbocycles. The summed E-state index contributed by atoms with van der Waals surface area (Å²) in [6.45, 7) is 0.548. The smallest absolute Gasteiger partial charge is 0.273 e. The molecule has 0 unspecified atom stereocenters. The van der Waals surface area contributed by atoms with Crippen LogP contribution in [0.3, 0.4) is 0 Å². The first kappa shape index (κ1) is 15.0. The Bertz CT molecular complexity index is 698. The van der Waals surface area contributed by atoms with Crippen LogP contribution < -0.4 is 5.14 Å². The van der Waals surface area contributed by atoms with Crippen LogP contribution in [-0.4, -0.2) is 41.9 Å². The van der Waals surface area contributed by atoms with E-state index in [0.29, 0.717) is 18.1 Å². The van der Waals surface area contributed by atoms with E-state index in [4.69, 9.17) is 9.88 Å². The van der Waals surface area contributed by atoms with Gasteiger partial charge in [0.2, 0.25) is 0 Å². The largest absolute Gasteiger partial charge is 0.383 e. The minimum atomic E-state index is -3.96. The molecular weight excluding hydrogens is 350 g/mol. The van der Waals surface area contributed by atoms with Gasteiger partial charge in [0, 0.05) is 17.8 Å². The highest BCUT2D eigenvalue weighted by Gasteiger charge is 2.22. The number of hydrogen-bond acceptors (Lipinski definition) is 6. The van der Waals surface area contributed by atoms with Crippen LogP contribution >= 0.6 is 15.9 Å². The number of pyridine rings is 1. The van der Waals surface area contributed by atoms with Gasteiger partial charge in [0.05, 0.1) is 13.2 Å². The first-order chi connectivity index (χ1) is 9.43. The van der Waals surface area contributed by atoms with E-state index in [1.165, 1.54) is 11.7 Å². The molecule has 0 saturated heterocycles. The molecule has 0 atom stereocenters. The Morgan fingerprint density at radius 2 is 2.15 bits per heavy atom. The molecule has 108 valence electrons. The fourth-order valence-corrected chi connectivity index (χ4v) is 2.46. The van der Waals surface area contributed by atoms with E-state index in [1.54, 1.807) is 18.3 Å². The van der Waals surface area contributed by atoms with E-state index < -0.39 is 10.0 Å². The summed E-state index contributed by atoms with van der Waals surface area (Å²) >= 11 is 3.27. The predicted molar refractivity (Wildman–Crippen MR) is 74.2 cm³/mol. The first-order valence-corrected chi connectivity index (χ1v) is 7.84. The van der Waals surface area contributed by atoms with Gasteiger partial charge in [-0.1, -0.05) is 0 Å². The van der Waals surface area contributed by atoms with Crippen molar-refractivity contribution >= 4 is 26.0 Å². The van der Waals surface area contributed by atoms with Crippen LogP contribution in [0.1, 0.15) is 0 Å². The molecule has 0 spiro atoms. The van der Waals surface area contributed by atoms with Crippen LogP contribution in [0.5, 0.6) is 0 Å². The van der Waals surface area contributed by atoms with Gasteiger partial charge >= 0.3 is 0 Å². The molecule has 0 aromatic carbocycles. The van der Waals surface area contributed by atoms with Gasteiger partial charge in [0.1, 0.15) is 5.69 Å². The molecule has 2 aromatic rings. The average molecular weight is 362 g/mol. The second-order valence-electron chi connectivity index (χ2n) is 3.86. The third-order valence-electron chi connectivity index (χ3n) is 2.45. The predicted octanol–water partition coefficient (Wildman–Crippen LogP) is 0.396. The monoisotopic (exact) mass is 361 g/mol. The Balaban J connectivity index is 2.53. The van der Waals surface area contributed by atoms with Gasteiger partial charge in [-0.3, -0.25) is 9.55 Å². The lowest BCUT2D eigenvalue weighted by molar-refractivity contribution is 0.185. The van der Waals surface area contributed by atoms with E-state index in [1.807, 2.05) is 0 Å². The molecule has 0 amide bonds. The number of hydrogen-bond donors (Lipinski definition) is 1. The molecule has 20 heavy (non-hydrogen) atoms. The van der Waals surface area contributed by atoms with Crippen molar-refractivity contribution in [2.45, 2.75) is 11.7 Å². The van der Waals surface area contributed by atoms with Crippen molar-refractivity contribution in [3.63, 3.8) is 0 Å². The van der Waals surface area contributed by atoms with Gasteiger partial charge in [-0.05, 0) is 28.1 Å². The fourth-order valence-electron chi connectivity index (χ4n) is 1.58. The zero-order chi connectivity index (χ0) is 14.8. The summed E-state index contributed by atoms with van der Waals surface area (Å²) in [6.07, 6.45) is 1.58. The van der Waals surface area contributed by atoms with Crippen molar-refractivity contribution < 1.29 is 13.2 Å². The van der Waals surface area contributed by atoms with E-state index in [0.717, 1.165) is 4.47 Å². The van der Waals surface area contributed by atoms with E-state index in [2.05, 4.69) is 31.1 Å². The van der Waals surface area contributed by atoms with Gasteiger partial charge in [0.15, 0.2) is 5.82 Å². The highest BCUT2D eigenvalue weighted by molar-refractivity contribution is 9.10. The minimum Gasteiger partial charge on any atom is -0.383 e. The van der Waals surface area contributed by atoms with Crippen LogP contribution in [0, 0.1) is 0 Å². The molecular formula is C10H12BrN5O3S. The number of rotatable bonds is 5. The summed E-state index contributed by atoms with van der Waals surface area (Å²) in [6, 6.07) is 3.47. The summed E-state index contributed by atoms with van der Waals surface area (Å²) in [4.78, 5) is 4.17. The van der Waals surface area contributed by atoms with Crippen molar-refractivity contribution in [2.24, 2.45) is 5.14 Å². The number of halogens is 1. The van der Waals surface area contributed by atoms with Crippen molar-refractivity contribution in [3.8, 4) is 11.5 Å².